The Morgan fingerprint density at radius 1 is 1.22 bits per heavy atom. The zero-order valence-corrected chi connectivity index (χ0v) is 13.0. The molecule has 0 aromatic carbocycles. The Bertz CT molecular complexity index is 256. The molecule has 3 nitrogen and oxygen atoms in total. The largest absolute Gasteiger partial charge is 0.471 e. The van der Waals surface area contributed by atoms with Gasteiger partial charge in [-0.25, -0.2) is 0 Å². The van der Waals surface area contributed by atoms with Crippen LogP contribution in [-0.4, -0.2) is 31.4 Å². The fourth-order valence-electron chi connectivity index (χ4n) is 1.26. The maximum Gasteiger partial charge on any atom is 0.300 e. The lowest BCUT2D eigenvalue weighted by molar-refractivity contribution is 0.0270. The van der Waals surface area contributed by atoms with E-state index in [1.165, 1.54) is 7.28 Å². The smallest absolute Gasteiger partial charge is 0.300 e. The molecule has 0 heterocycles. The van der Waals surface area contributed by atoms with Crippen LogP contribution in [0, 0.1) is 5.41 Å². The molecule has 0 spiro atoms. The Kier molecular flexibility index (Phi) is 6.97. The third-order valence-corrected chi connectivity index (χ3v) is 2.68. The van der Waals surface area contributed by atoms with E-state index in [0.717, 1.165) is 12.8 Å². The highest BCUT2D eigenvalue weighted by molar-refractivity contribution is 6.74. The summed E-state index contributed by atoms with van der Waals surface area (Å²) in [6.45, 7) is 14.8. The molecule has 0 saturated carbocycles. The van der Waals surface area contributed by atoms with Crippen LogP contribution in [0.4, 0.5) is 4.79 Å². The highest BCUT2D eigenvalue weighted by Gasteiger charge is 2.27. The quantitative estimate of drug-likeness (QED) is 0.649. The van der Waals surface area contributed by atoms with E-state index < -0.39 is 5.50 Å². The lowest BCUT2D eigenvalue weighted by atomic mass is 9.62. The predicted octanol–water partition coefficient (Wildman–Crippen LogP) is 3.81. The molecule has 0 saturated heterocycles. The standard InChI is InChI=1S/C14H28BO3/c1-8-11(2)18-12(16)15-14(6,7)17-10-9-13(3,4)5/h11H,8-10H2,1-7H3. The zero-order chi connectivity index (χ0) is 14.4. The molecule has 0 rings (SSSR count). The van der Waals surface area contributed by atoms with E-state index >= 15 is 0 Å². The third kappa shape index (κ3) is 9.52. The molecule has 4 heteroatoms. The fraction of sp³-hybridized carbons (Fsp3) is 0.929. The van der Waals surface area contributed by atoms with Crippen molar-refractivity contribution in [2.75, 3.05) is 6.61 Å². The van der Waals surface area contributed by atoms with Gasteiger partial charge in [0, 0.05) is 12.1 Å². The van der Waals surface area contributed by atoms with Crippen LogP contribution in [-0.2, 0) is 9.47 Å². The van der Waals surface area contributed by atoms with E-state index in [0.29, 0.717) is 6.61 Å². The van der Waals surface area contributed by atoms with Gasteiger partial charge in [0.1, 0.15) is 0 Å². The van der Waals surface area contributed by atoms with Crippen molar-refractivity contribution < 1.29 is 14.3 Å². The molecular weight excluding hydrogens is 227 g/mol. The molecule has 1 atom stereocenters. The molecule has 0 amide bonds. The molecular formula is C14H28BO3. The van der Waals surface area contributed by atoms with Crippen LogP contribution in [0.5, 0.6) is 0 Å². The van der Waals surface area contributed by atoms with Crippen LogP contribution < -0.4 is 0 Å². The topological polar surface area (TPSA) is 35.5 Å². The number of ether oxygens (including phenoxy) is 2. The molecule has 105 valence electrons. The molecule has 0 aliphatic carbocycles. The first kappa shape index (κ1) is 17.5. The minimum atomic E-state index is -0.574. The molecule has 0 aliphatic heterocycles. The van der Waals surface area contributed by atoms with Gasteiger partial charge in [-0.15, -0.1) is 0 Å². The molecule has 1 unspecified atom stereocenters. The second kappa shape index (κ2) is 7.17. The van der Waals surface area contributed by atoms with Crippen molar-refractivity contribution in [3.63, 3.8) is 0 Å². The van der Waals surface area contributed by atoms with Crippen LogP contribution in [0.25, 0.3) is 0 Å². The summed E-state index contributed by atoms with van der Waals surface area (Å²) in [5.41, 5.74) is -0.330. The number of carbonyl (C=O) groups excluding carboxylic acids is 1. The van der Waals surface area contributed by atoms with E-state index in [1.807, 2.05) is 27.7 Å². The number of hydrogen-bond donors (Lipinski definition) is 0. The fourth-order valence-corrected chi connectivity index (χ4v) is 1.26. The van der Waals surface area contributed by atoms with Crippen molar-refractivity contribution in [2.24, 2.45) is 5.41 Å². The van der Waals surface area contributed by atoms with Crippen LogP contribution in [0.3, 0.4) is 0 Å². The van der Waals surface area contributed by atoms with Gasteiger partial charge >= 0.3 is 7.28 Å². The molecule has 1 radical (unpaired) electrons. The van der Waals surface area contributed by atoms with E-state index in [9.17, 15) is 4.79 Å². The van der Waals surface area contributed by atoms with Crippen LogP contribution in [0.2, 0.25) is 0 Å². The molecule has 0 aromatic rings. The monoisotopic (exact) mass is 255 g/mol. The Labute approximate surface area is 113 Å². The van der Waals surface area contributed by atoms with Crippen LogP contribution in [0.1, 0.15) is 61.3 Å². The van der Waals surface area contributed by atoms with Gasteiger partial charge in [0.15, 0.2) is 0 Å². The second-order valence-electron chi connectivity index (χ2n) is 6.56. The number of carbonyl (C=O) groups is 1. The molecule has 0 aliphatic rings. The summed E-state index contributed by atoms with van der Waals surface area (Å²) in [7, 11) is 1.52. The molecule has 0 N–H and O–H groups in total. The molecule has 0 bridgehead atoms. The lowest BCUT2D eigenvalue weighted by Gasteiger charge is -2.26. The van der Waals surface area contributed by atoms with E-state index in [4.69, 9.17) is 9.47 Å². The second-order valence-corrected chi connectivity index (χ2v) is 6.56. The minimum absolute atomic E-state index is 0.0425. The normalized spacial score (nSPS) is 14.2. The zero-order valence-electron chi connectivity index (χ0n) is 13.0. The Morgan fingerprint density at radius 3 is 2.22 bits per heavy atom. The van der Waals surface area contributed by atoms with Gasteiger partial charge in [-0.1, -0.05) is 27.7 Å². The highest BCUT2D eigenvalue weighted by atomic mass is 16.5. The molecule has 18 heavy (non-hydrogen) atoms. The van der Waals surface area contributed by atoms with Crippen LogP contribution in [0.15, 0.2) is 0 Å². The average molecular weight is 255 g/mol. The van der Waals surface area contributed by atoms with Crippen molar-refractivity contribution >= 4 is 13.1 Å². The predicted molar refractivity (Wildman–Crippen MR) is 76.1 cm³/mol. The van der Waals surface area contributed by atoms with Gasteiger partial charge in [-0.3, -0.25) is 4.79 Å². The van der Waals surface area contributed by atoms with E-state index in [1.54, 1.807) is 0 Å². The first-order valence-electron chi connectivity index (χ1n) is 6.76. The van der Waals surface area contributed by atoms with E-state index in [-0.39, 0.29) is 17.4 Å². The number of rotatable bonds is 7. The van der Waals surface area contributed by atoms with E-state index in [2.05, 4.69) is 20.8 Å². The van der Waals surface area contributed by atoms with Gasteiger partial charge < -0.3 is 9.47 Å². The van der Waals surface area contributed by atoms with Gasteiger partial charge in [0.05, 0.1) is 6.10 Å². The van der Waals surface area contributed by atoms with Gasteiger partial charge in [0.25, 0.3) is 0 Å². The van der Waals surface area contributed by atoms with Gasteiger partial charge in [-0.2, -0.15) is 0 Å². The summed E-state index contributed by atoms with van der Waals surface area (Å²) in [5, 5.41) is 0. The highest BCUT2D eigenvalue weighted by Crippen LogP contribution is 2.20. The Hall–Kier alpha value is -0.505. The van der Waals surface area contributed by atoms with Crippen molar-refractivity contribution in [3.05, 3.63) is 0 Å². The Morgan fingerprint density at radius 2 is 1.78 bits per heavy atom. The van der Waals surface area contributed by atoms with Crippen molar-refractivity contribution in [3.8, 4) is 0 Å². The summed E-state index contributed by atoms with van der Waals surface area (Å²) >= 11 is 0. The molecule has 0 aromatic heterocycles. The summed E-state index contributed by atoms with van der Waals surface area (Å²) in [4.78, 5) is 11.6. The van der Waals surface area contributed by atoms with Gasteiger partial charge in [0.2, 0.25) is 5.87 Å². The Balaban J connectivity index is 4.03. The average Bonchev–Trinajstić information content (AvgIpc) is 2.13. The first-order chi connectivity index (χ1) is 8.06. The summed E-state index contributed by atoms with van der Waals surface area (Å²) < 4.78 is 10.9. The van der Waals surface area contributed by atoms with Crippen LogP contribution >= 0.6 is 0 Å². The minimum Gasteiger partial charge on any atom is -0.471 e. The maximum absolute atomic E-state index is 11.6. The summed E-state index contributed by atoms with van der Waals surface area (Å²) in [6, 6.07) is 0. The summed E-state index contributed by atoms with van der Waals surface area (Å²) in [6.07, 6.45) is 1.74. The van der Waals surface area contributed by atoms with Crippen molar-refractivity contribution in [1.29, 1.82) is 0 Å². The van der Waals surface area contributed by atoms with Crippen molar-refractivity contribution in [1.82, 2.24) is 0 Å². The molecule has 0 fully saturated rings. The third-order valence-electron chi connectivity index (χ3n) is 2.68. The SMILES string of the molecule is CCC(C)OC(=O)[B]C(C)(C)OCCC(C)(C)C. The first-order valence-corrected chi connectivity index (χ1v) is 6.76. The number of hydrogen-bond acceptors (Lipinski definition) is 3. The summed E-state index contributed by atoms with van der Waals surface area (Å²) in [5.74, 6) is -0.301. The maximum atomic E-state index is 11.6. The van der Waals surface area contributed by atoms with Crippen molar-refractivity contribution in [2.45, 2.75) is 72.9 Å². The lowest BCUT2D eigenvalue weighted by Crippen LogP contribution is -2.39. The van der Waals surface area contributed by atoms with Gasteiger partial charge in [-0.05, 0) is 39.0 Å².